The zero-order valence-electron chi connectivity index (χ0n) is 10.3. The Morgan fingerprint density at radius 3 is 2.61 bits per heavy atom. The molecule has 98 valence electrons. The van der Waals surface area contributed by atoms with Crippen LogP contribution in [0.5, 0.6) is 0 Å². The fourth-order valence-electron chi connectivity index (χ4n) is 2.07. The van der Waals surface area contributed by atoms with Crippen LogP contribution in [0.15, 0.2) is 24.3 Å². The van der Waals surface area contributed by atoms with Crippen LogP contribution in [-0.2, 0) is 0 Å². The number of amides is 2. The number of carbonyl (C=O) groups excluding carboxylic acids is 1. The lowest BCUT2D eigenvalue weighted by Gasteiger charge is -2.34. The summed E-state index contributed by atoms with van der Waals surface area (Å²) in [6.45, 7) is 0.629. The first-order chi connectivity index (χ1) is 8.54. The van der Waals surface area contributed by atoms with Gasteiger partial charge in [0.05, 0.1) is 6.10 Å². The van der Waals surface area contributed by atoms with E-state index in [-0.39, 0.29) is 18.0 Å². The van der Waals surface area contributed by atoms with Crippen molar-refractivity contribution >= 4 is 11.7 Å². The van der Waals surface area contributed by atoms with Crippen LogP contribution < -0.4 is 5.32 Å². The van der Waals surface area contributed by atoms with Gasteiger partial charge in [0, 0.05) is 19.3 Å². The largest absolute Gasteiger partial charge is 0.393 e. The van der Waals surface area contributed by atoms with Crippen molar-refractivity contribution < 1.29 is 14.3 Å². The van der Waals surface area contributed by atoms with E-state index in [0.717, 1.165) is 12.8 Å². The monoisotopic (exact) mass is 252 g/mol. The number of rotatable bonds is 3. The van der Waals surface area contributed by atoms with Gasteiger partial charge in [0.25, 0.3) is 0 Å². The van der Waals surface area contributed by atoms with E-state index in [0.29, 0.717) is 18.2 Å². The minimum absolute atomic E-state index is 0.205. The van der Waals surface area contributed by atoms with Crippen molar-refractivity contribution in [1.29, 1.82) is 0 Å². The van der Waals surface area contributed by atoms with Crippen LogP contribution in [-0.4, -0.2) is 35.7 Å². The molecule has 2 rings (SSSR count). The smallest absolute Gasteiger partial charge is 0.321 e. The summed E-state index contributed by atoms with van der Waals surface area (Å²) in [5, 5.41) is 11.9. The zero-order chi connectivity index (χ0) is 13.1. The highest BCUT2D eigenvalue weighted by atomic mass is 19.1. The second kappa shape index (κ2) is 5.35. The van der Waals surface area contributed by atoms with Crippen LogP contribution in [0.3, 0.4) is 0 Å². The number of nitrogens with one attached hydrogen (secondary N) is 1. The molecule has 4 nitrogen and oxygen atoms in total. The fraction of sp³-hybridized carbons (Fsp3) is 0.462. The van der Waals surface area contributed by atoms with Crippen LogP contribution >= 0.6 is 0 Å². The third-order valence-corrected chi connectivity index (χ3v) is 3.19. The summed E-state index contributed by atoms with van der Waals surface area (Å²) in [5.41, 5.74) is 0.571. The molecule has 0 aliphatic heterocycles. The number of hydrogen-bond donors (Lipinski definition) is 2. The van der Waals surface area contributed by atoms with Crippen molar-refractivity contribution in [2.24, 2.45) is 5.92 Å². The van der Waals surface area contributed by atoms with Crippen LogP contribution in [0.1, 0.15) is 12.8 Å². The van der Waals surface area contributed by atoms with Gasteiger partial charge in [-0.15, -0.1) is 0 Å². The maximum atomic E-state index is 12.7. The molecule has 1 aliphatic rings. The number of anilines is 1. The molecule has 1 aromatic carbocycles. The van der Waals surface area contributed by atoms with Crippen molar-refractivity contribution in [3.63, 3.8) is 0 Å². The van der Waals surface area contributed by atoms with E-state index in [9.17, 15) is 14.3 Å². The Hall–Kier alpha value is -1.62. The normalized spacial score (nSPS) is 22.2. The van der Waals surface area contributed by atoms with E-state index in [1.807, 2.05) is 0 Å². The Balaban J connectivity index is 1.81. The molecule has 2 amide bonds. The minimum atomic E-state index is -0.329. The lowest BCUT2D eigenvalue weighted by Crippen LogP contribution is -2.41. The van der Waals surface area contributed by atoms with Crippen molar-refractivity contribution in [3.05, 3.63) is 30.1 Å². The summed E-state index contributed by atoms with van der Waals surface area (Å²) >= 11 is 0. The first-order valence-corrected chi connectivity index (χ1v) is 6.00. The van der Waals surface area contributed by atoms with E-state index in [4.69, 9.17) is 0 Å². The van der Waals surface area contributed by atoms with Crippen molar-refractivity contribution in [2.75, 3.05) is 18.9 Å². The van der Waals surface area contributed by atoms with Crippen molar-refractivity contribution in [3.8, 4) is 0 Å². The number of benzene rings is 1. The van der Waals surface area contributed by atoms with Gasteiger partial charge in [0.2, 0.25) is 0 Å². The Morgan fingerprint density at radius 1 is 1.44 bits per heavy atom. The average Bonchev–Trinajstić information content (AvgIpc) is 2.30. The fourth-order valence-corrected chi connectivity index (χ4v) is 2.07. The van der Waals surface area contributed by atoms with E-state index in [1.54, 1.807) is 11.9 Å². The first kappa shape index (κ1) is 12.8. The van der Waals surface area contributed by atoms with Crippen LogP contribution in [0.4, 0.5) is 14.9 Å². The number of aliphatic hydroxyl groups excluding tert-OH is 1. The van der Waals surface area contributed by atoms with Gasteiger partial charge >= 0.3 is 6.03 Å². The topological polar surface area (TPSA) is 52.6 Å². The van der Waals surface area contributed by atoms with Gasteiger partial charge in [-0.3, -0.25) is 0 Å². The summed E-state index contributed by atoms with van der Waals surface area (Å²) in [6, 6.07) is 5.43. The standard InChI is InChI=1S/C13H17FN2O2/c1-16(8-9-6-12(17)7-9)13(18)15-11-4-2-10(14)3-5-11/h2-5,9,12,17H,6-8H2,1H3,(H,15,18). The Bertz CT molecular complexity index is 416. The molecular formula is C13H17FN2O2. The highest BCUT2D eigenvalue weighted by Crippen LogP contribution is 2.27. The molecule has 1 saturated carbocycles. The summed E-state index contributed by atoms with van der Waals surface area (Å²) in [4.78, 5) is 13.4. The Labute approximate surface area is 105 Å². The Kier molecular flexibility index (Phi) is 3.81. The van der Waals surface area contributed by atoms with E-state index in [1.165, 1.54) is 24.3 Å². The van der Waals surface area contributed by atoms with Crippen LogP contribution in [0.25, 0.3) is 0 Å². The van der Waals surface area contributed by atoms with Crippen molar-refractivity contribution in [1.82, 2.24) is 4.90 Å². The number of halogens is 1. The molecule has 0 spiro atoms. The van der Waals surface area contributed by atoms with Gasteiger partial charge in [0.1, 0.15) is 5.82 Å². The van der Waals surface area contributed by atoms with Crippen LogP contribution in [0.2, 0.25) is 0 Å². The molecule has 0 saturated heterocycles. The van der Waals surface area contributed by atoms with Crippen LogP contribution in [0, 0.1) is 11.7 Å². The van der Waals surface area contributed by atoms with E-state index in [2.05, 4.69) is 5.32 Å². The number of hydrogen-bond acceptors (Lipinski definition) is 2. The number of nitrogens with zero attached hydrogens (tertiary/aromatic N) is 1. The number of aliphatic hydroxyl groups is 1. The summed E-state index contributed by atoms with van der Waals surface area (Å²) in [7, 11) is 1.71. The minimum Gasteiger partial charge on any atom is -0.393 e. The lowest BCUT2D eigenvalue weighted by molar-refractivity contribution is 0.0332. The number of urea groups is 1. The average molecular weight is 252 g/mol. The maximum absolute atomic E-state index is 12.7. The lowest BCUT2D eigenvalue weighted by atomic mass is 9.82. The molecular weight excluding hydrogens is 235 g/mol. The molecule has 0 unspecified atom stereocenters. The molecule has 1 aromatic rings. The molecule has 1 aliphatic carbocycles. The van der Waals surface area contributed by atoms with E-state index >= 15 is 0 Å². The van der Waals surface area contributed by atoms with Gasteiger partial charge in [-0.1, -0.05) is 0 Å². The summed E-state index contributed by atoms with van der Waals surface area (Å²) < 4.78 is 12.7. The predicted octanol–water partition coefficient (Wildman–Crippen LogP) is 2.06. The van der Waals surface area contributed by atoms with Gasteiger partial charge in [-0.25, -0.2) is 9.18 Å². The van der Waals surface area contributed by atoms with Gasteiger partial charge < -0.3 is 15.3 Å². The number of carbonyl (C=O) groups is 1. The molecule has 2 N–H and O–H groups in total. The zero-order valence-corrected chi connectivity index (χ0v) is 10.3. The molecule has 0 bridgehead atoms. The molecule has 18 heavy (non-hydrogen) atoms. The SMILES string of the molecule is CN(CC1CC(O)C1)C(=O)Nc1ccc(F)cc1. The third kappa shape index (κ3) is 3.20. The molecule has 5 heteroatoms. The second-order valence-electron chi connectivity index (χ2n) is 4.81. The highest BCUT2D eigenvalue weighted by molar-refractivity contribution is 5.89. The quantitative estimate of drug-likeness (QED) is 0.865. The van der Waals surface area contributed by atoms with Crippen molar-refractivity contribution in [2.45, 2.75) is 18.9 Å². The second-order valence-corrected chi connectivity index (χ2v) is 4.81. The van der Waals surface area contributed by atoms with Gasteiger partial charge in [-0.05, 0) is 43.0 Å². The Morgan fingerprint density at radius 2 is 2.06 bits per heavy atom. The first-order valence-electron chi connectivity index (χ1n) is 6.00. The molecule has 0 atom stereocenters. The van der Waals surface area contributed by atoms with Gasteiger partial charge in [0.15, 0.2) is 0 Å². The van der Waals surface area contributed by atoms with E-state index < -0.39 is 0 Å². The maximum Gasteiger partial charge on any atom is 0.321 e. The molecule has 0 heterocycles. The van der Waals surface area contributed by atoms with Gasteiger partial charge in [-0.2, -0.15) is 0 Å². The summed E-state index contributed by atoms with van der Waals surface area (Å²) in [5.74, 6) is 0.0498. The molecule has 0 aromatic heterocycles. The third-order valence-electron chi connectivity index (χ3n) is 3.19. The molecule has 1 fully saturated rings. The molecule has 0 radical (unpaired) electrons. The summed E-state index contributed by atoms with van der Waals surface area (Å²) in [6.07, 6.45) is 1.31. The highest BCUT2D eigenvalue weighted by Gasteiger charge is 2.29. The predicted molar refractivity (Wildman–Crippen MR) is 66.8 cm³/mol.